The van der Waals surface area contributed by atoms with Crippen molar-refractivity contribution in [1.82, 2.24) is 9.97 Å². The third-order valence-electron chi connectivity index (χ3n) is 3.35. The first-order chi connectivity index (χ1) is 10.2. The Morgan fingerprint density at radius 1 is 1.10 bits per heavy atom. The van der Waals surface area contributed by atoms with E-state index in [1.807, 2.05) is 24.3 Å². The van der Waals surface area contributed by atoms with Crippen molar-refractivity contribution in [2.75, 3.05) is 0 Å². The first-order valence-electron chi connectivity index (χ1n) is 6.39. The highest BCUT2D eigenvalue weighted by molar-refractivity contribution is 6.31. The van der Waals surface area contributed by atoms with Gasteiger partial charge in [0.15, 0.2) is 0 Å². The van der Waals surface area contributed by atoms with Crippen molar-refractivity contribution in [3.05, 3.63) is 64.0 Å². The van der Waals surface area contributed by atoms with Gasteiger partial charge in [-0.3, -0.25) is 0 Å². The van der Waals surface area contributed by atoms with E-state index < -0.39 is 5.63 Å². The summed E-state index contributed by atoms with van der Waals surface area (Å²) in [6.07, 6.45) is 0. The molecule has 2 aromatic carbocycles. The van der Waals surface area contributed by atoms with Gasteiger partial charge in [-0.25, -0.2) is 9.78 Å². The minimum atomic E-state index is -0.416. The summed E-state index contributed by atoms with van der Waals surface area (Å²) in [5.74, 6) is 0.622. The van der Waals surface area contributed by atoms with E-state index in [1.54, 1.807) is 18.2 Å². The molecule has 21 heavy (non-hydrogen) atoms. The maximum atomic E-state index is 11.7. The fourth-order valence-electron chi connectivity index (χ4n) is 2.41. The standard InChI is InChI=1S/C16H9ClN2O2/c17-9-5-6-14-10(7-9)11(8-15(20)21-14)16-18-12-3-1-2-4-13(12)19-16/h1-8H,(H,18,19). The number of aromatic nitrogens is 2. The van der Waals surface area contributed by atoms with Gasteiger partial charge >= 0.3 is 5.63 Å². The Morgan fingerprint density at radius 3 is 2.81 bits per heavy atom. The topological polar surface area (TPSA) is 58.9 Å². The maximum absolute atomic E-state index is 11.7. The summed E-state index contributed by atoms with van der Waals surface area (Å²) < 4.78 is 5.20. The molecule has 0 amide bonds. The smallest absolute Gasteiger partial charge is 0.336 e. The van der Waals surface area contributed by atoms with Crippen LogP contribution in [0.3, 0.4) is 0 Å². The molecular formula is C16H9ClN2O2. The van der Waals surface area contributed by atoms with Gasteiger partial charge in [-0.1, -0.05) is 23.7 Å². The zero-order valence-electron chi connectivity index (χ0n) is 10.8. The number of fused-ring (bicyclic) bond motifs is 2. The van der Waals surface area contributed by atoms with Crippen molar-refractivity contribution >= 4 is 33.6 Å². The third kappa shape index (κ3) is 2.00. The Morgan fingerprint density at radius 2 is 1.95 bits per heavy atom. The number of halogens is 1. The minimum Gasteiger partial charge on any atom is -0.423 e. The van der Waals surface area contributed by atoms with Crippen molar-refractivity contribution in [2.24, 2.45) is 0 Å². The van der Waals surface area contributed by atoms with Crippen LogP contribution >= 0.6 is 11.6 Å². The number of hydrogen-bond acceptors (Lipinski definition) is 3. The van der Waals surface area contributed by atoms with Crippen molar-refractivity contribution < 1.29 is 4.42 Å². The highest BCUT2D eigenvalue weighted by atomic mass is 35.5. The summed E-state index contributed by atoms with van der Waals surface area (Å²) in [6, 6.07) is 14.3. The molecule has 0 bridgehead atoms. The van der Waals surface area contributed by atoms with Crippen LogP contribution in [0.4, 0.5) is 0 Å². The molecule has 0 aliphatic carbocycles. The minimum absolute atomic E-state index is 0.416. The van der Waals surface area contributed by atoms with Gasteiger partial charge in [0, 0.05) is 22.0 Å². The van der Waals surface area contributed by atoms with Gasteiger partial charge in [0.05, 0.1) is 11.0 Å². The van der Waals surface area contributed by atoms with Crippen LogP contribution in [-0.4, -0.2) is 9.97 Å². The van der Waals surface area contributed by atoms with Crippen molar-refractivity contribution in [3.8, 4) is 11.4 Å². The molecule has 0 fully saturated rings. The summed E-state index contributed by atoms with van der Waals surface area (Å²) in [4.78, 5) is 19.5. The number of rotatable bonds is 1. The average Bonchev–Trinajstić information content (AvgIpc) is 2.90. The molecule has 5 heteroatoms. The summed E-state index contributed by atoms with van der Waals surface area (Å²) in [5.41, 5.74) is 2.51. The largest absolute Gasteiger partial charge is 0.423 e. The molecule has 0 spiro atoms. The summed E-state index contributed by atoms with van der Waals surface area (Å²) in [6.45, 7) is 0. The summed E-state index contributed by atoms with van der Waals surface area (Å²) in [7, 11) is 0. The molecule has 1 N–H and O–H groups in total. The predicted molar refractivity (Wildman–Crippen MR) is 82.6 cm³/mol. The van der Waals surface area contributed by atoms with Crippen molar-refractivity contribution in [3.63, 3.8) is 0 Å². The molecule has 2 heterocycles. The molecule has 0 aliphatic heterocycles. The molecule has 0 unspecified atom stereocenters. The van der Waals surface area contributed by atoms with E-state index in [2.05, 4.69) is 9.97 Å². The van der Waals surface area contributed by atoms with Crippen LogP contribution in [0.1, 0.15) is 0 Å². The van der Waals surface area contributed by atoms with Gasteiger partial charge in [0.1, 0.15) is 11.4 Å². The first-order valence-corrected chi connectivity index (χ1v) is 6.77. The van der Waals surface area contributed by atoms with Crippen molar-refractivity contribution in [2.45, 2.75) is 0 Å². The molecule has 4 rings (SSSR count). The molecule has 0 saturated carbocycles. The number of aromatic amines is 1. The quantitative estimate of drug-likeness (QED) is 0.540. The van der Waals surface area contributed by atoms with E-state index in [0.717, 1.165) is 16.4 Å². The van der Waals surface area contributed by atoms with E-state index in [-0.39, 0.29) is 0 Å². The van der Waals surface area contributed by atoms with Crippen LogP contribution in [0, 0.1) is 0 Å². The number of nitrogens with zero attached hydrogens (tertiary/aromatic N) is 1. The lowest BCUT2D eigenvalue weighted by atomic mass is 10.1. The van der Waals surface area contributed by atoms with Crippen LogP contribution < -0.4 is 5.63 Å². The van der Waals surface area contributed by atoms with Gasteiger partial charge in [0.2, 0.25) is 0 Å². The lowest BCUT2D eigenvalue weighted by Crippen LogP contribution is -1.98. The number of H-pyrrole nitrogens is 1. The Bertz CT molecular complexity index is 1000. The second-order valence-electron chi connectivity index (χ2n) is 4.72. The number of para-hydroxylation sites is 2. The first kappa shape index (κ1) is 12.2. The lowest BCUT2D eigenvalue weighted by Gasteiger charge is -2.02. The van der Waals surface area contributed by atoms with Gasteiger partial charge < -0.3 is 9.40 Å². The monoisotopic (exact) mass is 296 g/mol. The van der Waals surface area contributed by atoms with Crippen LogP contribution in [0.25, 0.3) is 33.4 Å². The molecule has 0 saturated heterocycles. The van der Waals surface area contributed by atoms with E-state index in [4.69, 9.17) is 16.0 Å². The highest BCUT2D eigenvalue weighted by Gasteiger charge is 2.12. The molecular weight excluding hydrogens is 288 g/mol. The molecule has 0 aliphatic rings. The average molecular weight is 297 g/mol. The number of imidazole rings is 1. The van der Waals surface area contributed by atoms with Gasteiger partial charge in [-0.2, -0.15) is 0 Å². The molecule has 102 valence electrons. The second-order valence-corrected chi connectivity index (χ2v) is 5.16. The number of hydrogen-bond donors (Lipinski definition) is 1. The maximum Gasteiger partial charge on any atom is 0.336 e. The summed E-state index contributed by atoms with van der Waals surface area (Å²) in [5, 5.41) is 1.33. The lowest BCUT2D eigenvalue weighted by molar-refractivity contribution is 0.561. The van der Waals surface area contributed by atoms with E-state index in [9.17, 15) is 4.79 Å². The van der Waals surface area contributed by atoms with E-state index in [0.29, 0.717) is 22.0 Å². The van der Waals surface area contributed by atoms with E-state index in [1.165, 1.54) is 6.07 Å². The fraction of sp³-hybridized carbons (Fsp3) is 0. The normalized spacial score (nSPS) is 11.3. The Hall–Kier alpha value is -2.59. The van der Waals surface area contributed by atoms with Crippen LogP contribution in [0.15, 0.2) is 57.7 Å². The van der Waals surface area contributed by atoms with Crippen LogP contribution in [0.2, 0.25) is 5.02 Å². The van der Waals surface area contributed by atoms with E-state index >= 15 is 0 Å². The SMILES string of the molecule is O=c1cc(-c2nc3ccccc3[nH]2)c2cc(Cl)ccc2o1. The van der Waals surface area contributed by atoms with Crippen molar-refractivity contribution in [1.29, 1.82) is 0 Å². The van der Waals surface area contributed by atoms with Gasteiger partial charge in [-0.05, 0) is 30.3 Å². The molecule has 0 radical (unpaired) electrons. The van der Waals surface area contributed by atoms with Gasteiger partial charge in [0.25, 0.3) is 0 Å². The predicted octanol–water partition coefficient (Wildman–Crippen LogP) is 3.99. The highest BCUT2D eigenvalue weighted by Crippen LogP contribution is 2.28. The molecule has 4 aromatic rings. The Labute approximate surface area is 124 Å². The fourth-order valence-corrected chi connectivity index (χ4v) is 2.58. The van der Waals surface area contributed by atoms with Gasteiger partial charge in [-0.15, -0.1) is 0 Å². The zero-order chi connectivity index (χ0) is 14.4. The number of benzene rings is 2. The number of nitrogens with one attached hydrogen (secondary N) is 1. The molecule has 2 aromatic heterocycles. The molecule has 4 nitrogen and oxygen atoms in total. The van der Waals surface area contributed by atoms with Crippen LogP contribution in [-0.2, 0) is 0 Å². The second kappa shape index (κ2) is 4.46. The Balaban J connectivity index is 2.09. The van der Waals surface area contributed by atoms with Crippen LogP contribution in [0.5, 0.6) is 0 Å². The zero-order valence-corrected chi connectivity index (χ0v) is 11.5. The third-order valence-corrected chi connectivity index (χ3v) is 3.58. The Kier molecular flexibility index (Phi) is 2.59. The molecule has 0 atom stereocenters. The summed E-state index contributed by atoms with van der Waals surface area (Å²) >= 11 is 6.05.